The van der Waals surface area contributed by atoms with Gasteiger partial charge >= 0.3 is 0 Å². The fourth-order valence-electron chi connectivity index (χ4n) is 2.67. The van der Waals surface area contributed by atoms with E-state index >= 15 is 0 Å². The molecule has 1 aliphatic heterocycles. The van der Waals surface area contributed by atoms with Gasteiger partial charge in [-0.1, -0.05) is 6.92 Å². The van der Waals surface area contributed by atoms with Crippen molar-refractivity contribution in [1.82, 2.24) is 15.1 Å². The zero-order valence-electron chi connectivity index (χ0n) is 12.1. The van der Waals surface area contributed by atoms with E-state index in [1.165, 1.54) is 11.3 Å². The molecule has 21 heavy (non-hydrogen) atoms. The monoisotopic (exact) mass is 304 g/mol. The van der Waals surface area contributed by atoms with E-state index in [1.54, 1.807) is 6.20 Å². The standard InChI is InChI=1S/C15H20N4OS/c1-2-11-5-8-21-14(11)15(20)18-12-9-17-19(10-12)13-3-6-16-7-4-13/h5,8-10,13,16H,2-4,6-7H2,1H3,(H,18,20). The van der Waals surface area contributed by atoms with Gasteiger partial charge in [0.1, 0.15) is 0 Å². The summed E-state index contributed by atoms with van der Waals surface area (Å²) in [6.07, 6.45) is 6.72. The summed E-state index contributed by atoms with van der Waals surface area (Å²) < 4.78 is 1.98. The quantitative estimate of drug-likeness (QED) is 0.913. The molecule has 0 radical (unpaired) electrons. The number of aryl methyl sites for hydroxylation is 1. The molecule has 1 aliphatic rings. The number of aromatic nitrogens is 2. The van der Waals surface area contributed by atoms with E-state index in [1.807, 2.05) is 22.3 Å². The summed E-state index contributed by atoms with van der Waals surface area (Å²) in [6.45, 7) is 4.12. The van der Waals surface area contributed by atoms with Crippen LogP contribution in [0.1, 0.15) is 41.0 Å². The first kappa shape index (κ1) is 14.3. The number of nitrogens with zero attached hydrogens (tertiary/aromatic N) is 2. The molecule has 3 heterocycles. The Hall–Kier alpha value is -1.66. The number of carbonyl (C=O) groups excluding carboxylic acids is 1. The summed E-state index contributed by atoms with van der Waals surface area (Å²) >= 11 is 1.49. The molecule has 2 aromatic heterocycles. The summed E-state index contributed by atoms with van der Waals surface area (Å²) in [5.74, 6) is -0.0355. The van der Waals surface area contributed by atoms with Crippen LogP contribution in [-0.4, -0.2) is 28.8 Å². The van der Waals surface area contributed by atoms with Gasteiger partial charge in [-0.15, -0.1) is 11.3 Å². The number of rotatable bonds is 4. The van der Waals surface area contributed by atoms with Crippen LogP contribution in [0.2, 0.25) is 0 Å². The van der Waals surface area contributed by atoms with Gasteiger partial charge in [0.25, 0.3) is 5.91 Å². The molecule has 2 N–H and O–H groups in total. The first-order valence-electron chi connectivity index (χ1n) is 7.40. The molecule has 0 aromatic carbocycles. The van der Waals surface area contributed by atoms with Crippen LogP contribution in [0.5, 0.6) is 0 Å². The lowest BCUT2D eigenvalue weighted by atomic mass is 10.1. The molecule has 3 rings (SSSR count). The minimum absolute atomic E-state index is 0.0355. The number of piperidine rings is 1. The van der Waals surface area contributed by atoms with E-state index in [-0.39, 0.29) is 5.91 Å². The summed E-state index contributed by atoms with van der Waals surface area (Å²) in [5, 5.41) is 12.7. The molecule has 0 atom stereocenters. The average Bonchev–Trinajstić information content (AvgIpc) is 3.16. The lowest BCUT2D eigenvalue weighted by Gasteiger charge is -2.22. The highest BCUT2D eigenvalue weighted by Gasteiger charge is 2.17. The Morgan fingerprint density at radius 1 is 1.52 bits per heavy atom. The van der Waals surface area contributed by atoms with Crippen molar-refractivity contribution in [3.63, 3.8) is 0 Å². The van der Waals surface area contributed by atoms with Gasteiger partial charge in [0.05, 0.1) is 22.8 Å². The van der Waals surface area contributed by atoms with E-state index in [4.69, 9.17) is 0 Å². The molecule has 0 saturated carbocycles. The molecule has 112 valence electrons. The van der Waals surface area contributed by atoms with E-state index in [2.05, 4.69) is 22.7 Å². The largest absolute Gasteiger partial charge is 0.319 e. The van der Waals surface area contributed by atoms with Crippen molar-refractivity contribution in [2.24, 2.45) is 0 Å². The third-order valence-corrected chi connectivity index (χ3v) is 4.83. The molecule has 1 fully saturated rings. The maximum atomic E-state index is 12.3. The predicted octanol–water partition coefficient (Wildman–Crippen LogP) is 2.68. The van der Waals surface area contributed by atoms with Gasteiger partial charge in [-0.3, -0.25) is 9.48 Å². The maximum absolute atomic E-state index is 12.3. The van der Waals surface area contributed by atoms with Crippen molar-refractivity contribution >= 4 is 22.9 Å². The topological polar surface area (TPSA) is 59.0 Å². The van der Waals surface area contributed by atoms with Crippen molar-refractivity contribution in [3.05, 3.63) is 34.3 Å². The van der Waals surface area contributed by atoms with Crippen LogP contribution < -0.4 is 10.6 Å². The van der Waals surface area contributed by atoms with E-state index in [0.29, 0.717) is 6.04 Å². The summed E-state index contributed by atoms with van der Waals surface area (Å²) in [5.41, 5.74) is 1.87. The fourth-order valence-corrected chi connectivity index (χ4v) is 3.56. The number of thiophene rings is 1. The van der Waals surface area contributed by atoms with Gasteiger partial charge < -0.3 is 10.6 Å². The summed E-state index contributed by atoms with van der Waals surface area (Å²) in [7, 11) is 0. The van der Waals surface area contributed by atoms with Crippen molar-refractivity contribution in [3.8, 4) is 0 Å². The third-order valence-electron chi connectivity index (χ3n) is 3.88. The molecular formula is C15H20N4OS. The van der Waals surface area contributed by atoms with Crippen LogP contribution in [0.25, 0.3) is 0 Å². The molecular weight excluding hydrogens is 284 g/mol. The molecule has 5 nitrogen and oxygen atoms in total. The average molecular weight is 304 g/mol. The van der Waals surface area contributed by atoms with Gasteiger partial charge in [-0.2, -0.15) is 5.10 Å². The van der Waals surface area contributed by atoms with Gasteiger partial charge in [0.2, 0.25) is 0 Å². The highest BCUT2D eigenvalue weighted by atomic mass is 32.1. The van der Waals surface area contributed by atoms with E-state index < -0.39 is 0 Å². The third kappa shape index (κ3) is 3.16. The van der Waals surface area contributed by atoms with Gasteiger partial charge in [0, 0.05) is 6.20 Å². The Kier molecular flexibility index (Phi) is 4.36. The first-order chi connectivity index (χ1) is 10.3. The summed E-state index contributed by atoms with van der Waals surface area (Å²) in [6, 6.07) is 2.45. The number of nitrogens with one attached hydrogen (secondary N) is 2. The first-order valence-corrected chi connectivity index (χ1v) is 8.28. The van der Waals surface area contributed by atoms with Crippen molar-refractivity contribution in [1.29, 1.82) is 0 Å². The molecule has 0 bridgehead atoms. The van der Waals surface area contributed by atoms with Crippen molar-refractivity contribution in [2.75, 3.05) is 18.4 Å². The second-order valence-corrected chi connectivity index (χ2v) is 6.19. The minimum atomic E-state index is -0.0355. The Morgan fingerprint density at radius 2 is 2.33 bits per heavy atom. The Labute approximate surface area is 128 Å². The zero-order valence-corrected chi connectivity index (χ0v) is 12.9. The molecule has 1 amide bonds. The number of anilines is 1. The lowest BCUT2D eigenvalue weighted by molar-refractivity contribution is 0.103. The highest BCUT2D eigenvalue weighted by molar-refractivity contribution is 7.12. The van der Waals surface area contributed by atoms with Crippen molar-refractivity contribution in [2.45, 2.75) is 32.2 Å². The number of hydrogen-bond donors (Lipinski definition) is 2. The van der Waals surface area contributed by atoms with E-state index in [0.717, 1.165) is 48.5 Å². The van der Waals surface area contributed by atoms with Crippen LogP contribution >= 0.6 is 11.3 Å². The van der Waals surface area contributed by atoms with Gasteiger partial charge in [-0.05, 0) is 49.4 Å². The van der Waals surface area contributed by atoms with Crippen molar-refractivity contribution < 1.29 is 4.79 Å². The highest BCUT2D eigenvalue weighted by Crippen LogP contribution is 2.22. The van der Waals surface area contributed by atoms with Crippen LogP contribution in [-0.2, 0) is 6.42 Å². The van der Waals surface area contributed by atoms with Crippen LogP contribution in [0.15, 0.2) is 23.8 Å². The van der Waals surface area contributed by atoms with Gasteiger partial charge in [-0.25, -0.2) is 0 Å². The SMILES string of the molecule is CCc1ccsc1C(=O)Nc1cnn(C2CCNCC2)c1. The summed E-state index contributed by atoms with van der Waals surface area (Å²) in [4.78, 5) is 13.1. The van der Waals surface area contributed by atoms with Crippen LogP contribution in [0.4, 0.5) is 5.69 Å². The Morgan fingerprint density at radius 3 is 3.10 bits per heavy atom. The number of amides is 1. The van der Waals surface area contributed by atoms with E-state index in [9.17, 15) is 4.79 Å². The van der Waals surface area contributed by atoms with Gasteiger partial charge in [0.15, 0.2) is 0 Å². The normalized spacial score (nSPS) is 16.0. The Balaban J connectivity index is 1.68. The molecule has 0 spiro atoms. The molecule has 2 aromatic rings. The number of carbonyl (C=O) groups is 1. The molecule has 0 aliphatic carbocycles. The smallest absolute Gasteiger partial charge is 0.266 e. The van der Waals surface area contributed by atoms with Crippen LogP contribution in [0.3, 0.4) is 0 Å². The second kappa shape index (κ2) is 6.41. The second-order valence-electron chi connectivity index (χ2n) is 5.27. The lowest BCUT2D eigenvalue weighted by Crippen LogP contribution is -2.29. The zero-order chi connectivity index (χ0) is 14.7. The molecule has 6 heteroatoms. The predicted molar refractivity (Wildman–Crippen MR) is 85.0 cm³/mol. The Bertz CT molecular complexity index is 613. The van der Waals surface area contributed by atoms with Crippen LogP contribution in [0, 0.1) is 0 Å². The number of hydrogen-bond acceptors (Lipinski definition) is 4. The molecule has 0 unspecified atom stereocenters. The minimum Gasteiger partial charge on any atom is -0.319 e. The molecule has 1 saturated heterocycles. The maximum Gasteiger partial charge on any atom is 0.266 e. The fraction of sp³-hybridized carbons (Fsp3) is 0.467.